The van der Waals surface area contributed by atoms with Crippen molar-refractivity contribution in [3.8, 4) is 0 Å². The summed E-state index contributed by atoms with van der Waals surface area (Å²) in [4.78, 5) is 13.3. The SMILES string of the molecule is Cc1ccc(CN(C)C(=O)C2CC(F)(F)CN2)o1.Cl. The van der Waals surface area contributed by atoms with Crippen molar-refractivity contribution in [2.24, 2.45) is 0 Å². The highest BCUT2D eigenvalue weighted by molar-refractivity contribution is 5.85. The van der Waals surface area contributed by atoms with E-state index in [0.29, 0.717) is 5.76 Å². The molecule has 1 N–H and O–H groups in total. The first-order valence-corrected chi connectivity index (χ1v) is 5.79. The summed E-state index contributed by atoms with van der Waals surface area (Å²) in [6.07, 6.45) is -0.437. The molecule has 0 radical (unpaired) electrons. The summed E-state index contributed by atoms with van der Waals surface area (Å²) in [6, 6.07) is 2.77. The number of alkyl halides is 2. The van der Waals surface area contributed by atoms with Crippen LogP contribution in [-0.2, 0) is 11.3 Å². The molecule has 0 saturated carbocycles. The standard InChI is InChI=1S/C12H16F2N2O2.ClH/c1-8-3-4-9(18-8)6-16(2)11(17)10-5-12(13,14)7-15-10;/h3-4,10,15H,5-7H2,1-2H3;1H. The quantitative estimate of drug-likeness (QED) is 0.927. The van der Waals surface area contributed by atoms with Gasteiger partial charge in [0.2, 0.25) is 5.91 Å². The first kappa shape index (κ1) is 15.9. The molecule has 2 heterocycles. The average molecular weight is 295 g/mol. The molecule has 19 heavy (non-hydrogen) atoms. The number of rotatable bonds is 3. The number of furan rings is 1. The molecular formula is C12H17ClF2N2O2. The monoisotopic (exact) mass is 294 g/mol. The van der Waals surface area contributed by atoms with Gasteiger partial charge in [0.15, 0.2) is 0 Å². The van der Waals surface area contributed by atoms with E-state index in [2.05, 4.69) is 5.32 Å². The molecule has 7 heteroatoms. The van der Waals surface area contributed by atoms with Crippen molar-refractivity contribution in [1.29, 1.82) is 0 Å². The summed E-state index contributed by atoms with van der Waals surface area (Å²) in [5.74, 6) is -1.71. The van der Waals surface area contributed by atoms with Gasteiger partial charge < -0.3 is 9.32 Å². The van der Waals surface area contributed by atoms with Crippen LogP contribution in [0.5, 0.6) is 0 Å². The van der Waals surface area contributed by atoms with Gasteiger partial charge >= 0.3 is 0 Å². The first-order chi connectivity index (χ1) is 8.37. The highest BCUT2D eigenvalue weighted by Gasteiger charge is 2.43. The number of amides is 1. The second-order valence-electron chi connectivity index (χ2n) is 4.70. The minimum Gasteiger partial charge on any atom is -0.464 e. The maximum Gasteiger partial charge on any atom is 0.262 e. The van der Waals surface area contributed by atoms with Crippen LogP contribution >= 0.6 is 12.4 Å². The van der Waals surface area contributed by atoms with Crippen LogP contribution in [0.25, 0.3) is 0 Å². The van der Waals surface area contributed by atoms with E-state index in [-0.39, 0.29) is 24.9 Å². The fourth-order valence-electron chi connectivity index (χ4n) is 2.04. The molecule has 1 saturated heterocycles. The number of nitrogens with zero attached hydrogens (tertiary/aromatic N) is 1. The van der Waals surface area contributed by atoms with Crippen molar-refractivity contribution in [1.82, 2.24) is 10.2 Å². The van der Waals surface area contributed by atoms with E-state index in [1.807, 2.05) is 6.92 Å². The summed E-state index contributed by atoms with van der Waals surface area (Å²) in [5.41, 5.74) is 0. The predicted octanol–water partition coefficient (Wildman–Crippen LogP) is 1.97. The summed E-state index contributed by atoms with van der Waals surface area (Å²) in [5, 5.41) is 2.55. The van der Waals surface area contributed by atoms with Crippen LogP contribution in [0.2, 0.25) is 0 Å². The lowest BCUT2D eigenvalue weighted by Crippen LogP contribution is -2.41. The molecule has 4 nitrogen and oxygen atoms in total. The third-order valence-corrected chi connectivity index (χ3v) is 2.97. The first-order valence-electron chi connectivity index (χ1n) is 5.79. The number of hydrogen-bond acceptors (Lipinski definition) is 3. The van der Waals surface area contributed by atoms with Crippen LogP contribution in [0.3, 0.4) is 0 Å². The van der Waals surface area contributed by atoms with Crippen LogP contribution in [0.4, 0.5) is 8.78 Å². The van der Waals surface area contributed by atoms with Crippen LogP contribution in [0.1, 0.15) is 17.9 Å². The Morgan fingerprint density at radius 2 is 2.26 bits per heavy atom. The molecule has 1 fully saturated rings. The van der Waals surface area contributed by atoms with Gasteiger partial charge in [-0.25, -0.2) is 8.78 Å². The summed E-state index contributed by atoms with van der Waals surface area (Å²) in [6.45, 7) is 1.66. The van der Waals surface area contributed by atoms with Gasteiger partial charge in [0.25, 0.3) is 5.92 Å². The normalized spacial score (nSPS) is 20.9. The molecule has 1 unspecified atom stereocenters. The Balaban J connectivity index is 0.00000180. The molecule has 108 valence electrons. The van der Waals surface area contributed by atoms with Crippen LogP contribution in [0, 0.1) is 6.92 Å². The number of halogens is 3. The lowest BCUT2D eigenvalue weighted by molar-refractivity contribution is -0.133. The number of nitrogens with one attached hydrogen (secondary N) is 1. The van der Waals surface area contributed by atoms with Gasteiger partial charge in [-0.2, -0.15) is 0 Å². The van der Waals surface area contributed by atoms with Gasteiger partial charge in [-0.15, -0.1) is 12.4 Å². The Morgan fingerprint density at radius 3 is 2.74 bits per heavy atom. The van der Waals surface area contributed by atoms with Gasteiger partial charge in [0, 0.05) is 13.5 Å². The average Bonchev–Trinajstić information content (AvgIpc) is 2.83. The minimum atomic E-state index is -2.79. The summed E-state index contributed by atoms with van der Waals surface area (Å²) in [7, 11) is 1.58. The van der Waals surface area contributed by atoms with Crippen LogP contribution in [-0.4, -0.2) is 36.4 Å². The Labute approximate surface area is 116 Å². The van der Waals surface area contributed by atoms with Crippen molar-refractivity contribution in [2.45, 2.75) is 31.9 Å². The molecule has 0 bridgehead atoms. The maximum atomic E-state index is 13.0. The third-order valence-electron chi connectivity index (χ3n) is 2.97. The van der Waals surface area contributed by atoms with E-state index < -0.39 is 24.9 Å². The number of likely N-dealkylation sites (N-methyl/N-ethyl adjacent to an activating group) is 1. The Hall–Kier alpha value is -1.14. The predicted molar refractivity (Wildman–Crippen MR) is 68.5 cm³/mol. The smallest absolute Gasteiger partial charge is 0.262 e. The van der Waals surface area contributed by atoms with E-state index >= 15 is 0 Å². The van der Waals surface area contributed by atoms with Gasteiger partial charge in [0.1, 0.15) is 11.5 Å². The molecule has 1 atom stereocenters. The summed E-state index contributed by atoms with van der Waals surface area (Å²) >= 11 is 0. The zero-order chi connectivity index (χ0) is 13.3. The van der Waals surface area contributed by atoms with Crippen LogP contribution < -0.4 is 5.32 Å². The van der Waals surface area contributed by atoms with Gasteiger partial charge in [-0.3, -0.25) is 10.1 Å². The van der Waals surface area contributed by atoms with Crippen molar-refractivity contribution in [3.05, 3.63) is 23.7 Å². The third kappa shape index (κ3) is 3.91. The van der Waals surface area contributed by atoms with E-state index in [9.17, 15) is 13.6 Å². The lowest BCUT2D eigenvalue weighted by atomic mass is 10.1. The lowest BCUT2D eigenvalue weighted by Gasteiger charge is -2.19. The largest absolute Gasteiger partial charge is 0.464 e. The van der Waals surface area contributed by atoms with Gasteiger partial charge in [0.05, 0.1) is 19.1 Å². The molecule has 1 amide bonds. The topological polar surface area (TPSA) is 45.5 Å². The van der Waals surface area contributed by atoms with Crippen molar-refractivity contribution in [3.63, 3.8) is 0 Å². The second-order valence-corrected chi connectivity index (χ2v) is 4.70. The molecule has 0 aliphatic carbocycles. The molecule has 1 aliphatic rings. The van der Waals surface area contributed by atoms with E-state index in [1.54, 1.807) is 19.2 Å². The second kappa shape index (κ2) is 5.88. The van der Waals surface area contributed by atoms with E-state index in [0.717, 1.165) is 5.76 Å². The molecule has 1 aromatic heterocycles. The maximum absolute atomic E-state index is 13.0. The molecule has 0 spiro atoms. The summed E-state index contributed by atoms with van der Waals surface area (Å²) < 4.78 is 31.3. The van der Waals surface area contributed by atoms with Crippen molar-refractivity contribution >= 4 is 18.3 Å². The Morgan fingerprint density at radius 1 is 1.58 bits per heavy atom. The highest BCUT2D eigenvalue weighted by atomic mass is 35.5. The van der Waals surface area contributed by atoms with Crippen LogP contribution in [0.15, 0.2) is 16.5 Å². The molecular weight excluding hydrogens is 278 g/mol. The number of carbonyl (C=O) groups is 1. The van der Waals surface area contributed by atoms with Gasteiger partial charge in [-0.05, 0) is 19.1 Å². The highest BCUT2D eigenvalue weighted by Crippen LogP contribution is 2.26. The van der Waals surface area contributed by atoms with E-state index in [1.165, 1.54) is 4.90 Å². The van der Waals surface area contributed by atoms with Gasteiger partial charge in [-0.1, -0.05) is 0 Å². The molecule has 1 aliphatic heterocycles. The minimum absolute atomic E-state index is 0. The Bertz CT molecular complexity index is 451. The molecule has 0 aromatic carbocycles. The van der Waals surface area contributed by atoms with Crippen molar-refractivity contribution < 1.29 is 18.0 Å². The van der Waals surface area contributed by atoms with E-state index in [4.69, 9.17) is 4.42 Å². The Kier molecular flexibility index (Phi) is 4.92. The number of aryl methyl sites for hydroxylation is 1. The van der Waals surface area contributed by atoms with Crippen molar-refractivity contribution in [2.75, 3.05) is 13.6 Å². The fourth-order valence-corrected chi connectivity index (χ4v) is 2.04. The number of hydrogen-bond donors (Lipinski definition) is 1. The fraction of sp³-hybridized carbons (Fsp3) is 0.583. The molecule has 2 rings (SSSR count). The number of carbonyl (C=O) groups excluding carboxylic acids is 1. The molecule has 1 aromatic rings. The zero-order valence-corrected chi connectivity index (χ0v) is 11.6. The zero-order valence-electron chi connectivity index (χ0n) is 10.8.